The van der Waals surface area contributed by atoms with Crippen molar-refractivity contribution >= 4 is 21.7 Å². The molecule has 0 radical (unpaired) electrons. The number of rotatable bonds is 4. The second kappa shape index (κ2) is 5.96. The van der Waals surface area contributed by atoms with Crippen molar-refractivity contribution < 1.29 is 0 Å². The van der Waals surface area contributed by atoms with E-state index in [1.165, 1.54) is 5.56 Å². The summed E-state index contributed by atoms with van der Waals surface area (Å²) in [6.45, 7) is 4.12. The molecular weight excluding hydrogens is 290 g/mol. The van der Waals surface area contributed by atoms with Crippen molar-refractivity contribution in [3.63, 3.8) is 0 Å². The standard InChI is InChI=1S/C14H16BrN3/c1-3-12(11-7-5-4-6-8-11)18-14-13(15)10(2)16-9-17-14/h4-9,12H,3H2,1-2H3,(H,16,17,18). The van der Waals surface area contributed by atoms with Gasteiger partial charge in [0.2, 0.25) is 0 Å². The molecule has 0 fully saturated rings. The third-order valence-corrected chi connectivity index (χ3v) is 3.83. The normalized spacial score (nSPS) is 12.2. The Morgan fingerprint density at radius 3 is 2.61 bits per heavy atom. The molecule has 2 aromatic rings. The van der Waals surface area contributed by atoms with E-state index in [1.807, 2.05) is 13.0 Å². The van der Waals surface area contributed by atoms with Crippen molar-refractivity contribution in [3.8, 4) is 0 Å². The number of benzene rings is 1. The van der Waals surface area contributed by atoms with Gasteiger partial charge in [0, 0.05) is 0 Å². The van der Waals surface area contributed by atoms with Crippen LogP contribution in [0.15, 0.2) is 41.1 Å². The van der Waals surface area contributed by atoms with E-state index in [-0.39, 0.29) is 6.04 Å². The molecule has 1 unspecified atom stereocenters. The number of hydrogen-bond acceptors (Lipinski definition) is 3. The molecule has 0 saturated carbocycles. The first-order chi connectivity index (χ1) is 8.72. The molecule has 3 nitrogen and oxygen atoms in total. The van der Waals surface area contributed by atoms with E-state index in [2.05, 4.69) is 62.4 Å². The molecule has 94 valence electrons. The first-order valence-electron chi connectivity index (χ1n) is 6.01. The van der Waals surface area contributed by atoms with Gasteiger partial charge in [-0.05, 0) is 34.8 Å². The largest absolute Gasteiger partial charge is 0.362 e. The predicted octanol–water partition coefficient (Wildman–Crippen LogP) is 4.11. The summed E-state index contributed by atoms with van der Waals surface area (Å²) in [5.41, 5.74) is 2.21. The van der Waals surface area contributed by atoms with Crippen LogP contribution in [-0.4, -0.2) is 9.97 Å². The number of nitrogens with one attached hydrogen (secondary N) is 1. The Kier molecular flexibility index (Phi) is 4.31. The van der Waals surface area contributed by atoms with Crippen molar-refractivity contribution in [1.29, 1.82) is 0 Å². The van der Waals surface area contributed by atoms with Crippen LogP contribution in [0.25, 0.3) is 0 Å². The zero-order valence-corrected chi connectivity index (χ0v) is 12.1. The van der Waals surface area contributed by atoms with Crippen molar-refractivity contribution in [2.24, 2.45) is 0 Å². The molecule has 1 aromatic heterocycles. The number of anilines is 1. The molecule has 0 aliphatic carbocycles. The molecule has 0 saturated heterocycles. The molecule has 0 spiro atoms. The molecule has 0 aliphatic heterocycles. The average Bonchev–Trinajstić information content (AvgIpc) is 2.41. The highest BCUT2D eigenvalue weighted by molar-refractivity contribution is 9.10. The molecule has 18 heavy (non-hydrogen) atoms. The van der Waals surface area contributed by atoms with Crippen LogP contribution in [0.2, 0.25) is 0 Å². The fraction of sp³-hybridized carbons (Fsp3) is 0.286. The summed E-state index contributed by atoms with van der Waals surface area (Å²) in [6, 6.07) is 10.7. The lowest BCUT2D eigenvalue weighted by Crippen LogP contribution is -2.11. The van der Waals surface area contributed by atoms with Crippen LogP contribution >= 0.6 is 15.9 Å². The first kappa shape index (κ1) is 13.0. The highest BCUT2D eigenvalue weighted by Crippen LogP contribution is 2.27. The molecule has 1 heterocycles. The Balaban J connectivity index is 2.24. The highest BCUT2D eigenvalue weighted by atomic mass is 79.9. The summed E-state index contributed by atoms with van der Waals surface area (Å²) in [5, 5.41) is 3.46. The molecule has 4 heteroatoms. The van der Waals surface area contributed by atoms with Gasteiger partial charge in [0.25, 0.3) is 0 Å². The van der Waals surface area contributed by atoms with Crippen molar-refractivity contribution in [2.75, 3.05) is 5.32 Å². The van der Waals surface area contributed by atoms with E-state index in [0.717, 1.165) is 22.4 Å². The molecular formula is C14H16BrN3. The van der Waals surface area contributed by atoms with Crippen LogP contribution in [0.4, 0.5) is 5.82 Å². The fourth-order valence-electron chi connectivity index (χ4n) is 1.83. The lowest BCUT2D eigenvalue weighted by atomic mass is 10.0. The molecule has 1 aromatic carbocycles. The van der Waals surface area contributed by atoms with Crippen LogP contribution in [0.3, 0.4) is 0 Å². The predicted molar refractivity (Wildman–Crippen MR) is 77.6 cm³/mol. The van der Waals surface area contributed by atoms with Gasteiger partial charge in [0.05, 0.1) is 16.2 Å². The third-order valence-electron chi connectivity index (χ3n) is 2.88. The van der Waals surface area contributed by atoms with Gasteiger partial charge in [-0.2, -0.15) is 0 Å². The molecule has 1 N–H and O–H groups in total. The van der Waals surface area contributed by atoms with E-state index >= 15 is 0 Å². The van der Waals surface area contributed by atoms with E-state index in [0.29, 0.717) is 0 Å². The summed E-state index contributed by atoms with van der Waals surface area (Å²) in [7, 11) is 0. The summed E-state index contributed by atoms with van der Waals surface area (Å²) in [5.74, 6) is 0.846. The molecule has 1 atom stereocenters. The summed E-state index contributed by atoms with van der Waals surface area (Å²) < 4.78 is 0.930. The Morgan fingerprint density at radius 1 is 1.22 bits per heavy atom. The molecule has 0 aliphatic rings. The van der Waals surface area contributed by atoms with Gasteiger partial charge < -0.3 is 5.32 Å². The van der Waals surface area contributed by atoms with E-state index < -0.39 is 0 Å². The highest BCUT2D eigenvalue weighted by Gasteiger charge is 2.12. The molecule has 0 amide bonds. The van der Waals surface area contributed by atoms with Gasteiger partial charge in [-0.25, -0.2) is 9.97 Å². The number of hydrogen-bond donors (Lipinski definition) is 1. The van der Waals surface area contributed by atoms with Gasteiger partial charge in [-0.3, -0.25) is 0 Å². The lowest BCUT2D eigenvalue weighted by molar-refractivity contribution is 0.742. The maximum Gasteiger partial charge on any atom is 0.144 e. The minimum atomic E-state index is 0.261. The minimum absolute atomic E-state index is 0.261. The van der Waals surface area contributed by atoms with Crippen molar-refractivity contribution in [3.05, 3.63) is 52.4 Å². The van der Waals surface area contributed by atoms with Crippen LogP contribution in [-0.2, 0) is 0 Å². The number of aryl methyl sites for hydroxylation is 1. The maximum absolute atomic E-state index is 4.28. The topological polar surface area (TPSA) is 37.8 Å². The Hall–Kier alpha value is -1.42. The SMILES string of the molecule is CCC(Nc1ncnc(C)c1Br)c1ccccc1. The smallest absolute Gasteiger partial charge is 0.144 e. The molecule has 2 rings (SSSR count). The Bertz CT molecular complexity index is 514. The number of halogens is 1. The summed E-state index contributed by atoms with van der Waals surface area (Å²) in [4.78, 5) is 8.43. The first-order valence-corrected chi connectivity index (χ1v) is 6.80. The van der Waals surface area contributed by atoms with Crippen LogP contribution in [0, 0.1) is 6.92 Å². The average molecular weight is 306 g/mol. The zero-order chi connectivity index (χ0) is 13.0. The van der Waals surface area contributed by atoms with Gasteiger partial charge in [-0.1, -0.05) is 37.3 Å². The van der Waals surface area contributed by atoms with Crippen molar-refractivity contribution in [2.45, 2.75) is 26.3 Å². The maximum atomic E-state index is 4.28. The Morgan fingerprint density at radius 2 is 1.94 bits per heavy atom. The molecule has 0 bridgehead atoms. The van der Waals surface area contributed by atoms with Gasteiger partial charge in [-0.15, -0.1) is 0 Å². The van der Waals surface area contributed by atoms with Crippen LogP contribution in [0.5, 0.6) is 0 Å². The fourth-order valence-corrected chi connectivity index (χ4v) is 2.15. The summed E-state index contributed by atoms with van der Waals surface area (Å²) >= 11 is 3.52. The van der Waals surface area contributed by atoms with Gasteiger partial charge in [0.15, 0.2) is 0 Å². The lowest BCUT2D eigenvalue weighted by Gasteiger charge is -2.19. The third kappa shape index (κ3) is 2.88. The minimum Gasteiger partial charge on any atom is -0.362 e. The number of aromatic nitrogens is 2. The van der Waals surface area contributed by atoms with E-state index in [9.17, 15) is 0 Å². The second-order valence-corrected chi connectivity index (χ2v) is 4.93. The Labute approximate surface area is 116 Å². The quantitative estimate of drug-likeness (QED) is 0.923. The monoisotopic (exact) mass is 305 g/mol. The summed E-state index contributed by atoms with van der Waals surface area (Å²) in [6.07, 6.45) is 2.58. The van der Waals surface area contributed by atoms with Gasteiger partial charge in [0.1, 0.15) is 12.1 Å². The zero-order valence-electron chi connectivity index (χ0n) is 10.5. The second-order valence-electron chi connectivity index (χ2n) is 4.14. The van der Waals surface area contributed by atoms with Crippen molar-refractivity contribution in [1.82, 2.24) is 9.97 Å². The van der Waals surface area contributed by atoms with Gasteiger partial charge >= 0.3 is 0 Å². The van der Waals surface area contributed by atoms with Crippen LogP contribution < -0.4 is 5.32 Å². The number of nitrogens with zero attached hydrogens (tertiary/aromatic N) is 2. The van der Waals surface area contributed by atoms with E-state index in [1.54, 1.807) is 6.33 Å². The van der Waals surface area contributed by atoms with Crippen LogP contribution in [0.1, 0.15) is 30.6 Å². The van der Waals surface area contributed by atoms with E-state index in [4.69, 9.17) is 0 Å².